The molecule has 3 aliphatic rings. The van der Waals surface area contributed by atoms with Crippen molar-refractivity contribution in [2.24, 2.45) is 23.3 Å². The molecule has 20 N–H and O–H groups in total. The zero-order chi connectivity index (χ0) is 63.4. The number of hydrogen-bond acceptors (Lipinski definition) is 20. The van der Waals surface area contributed by atoms with Crippen molar-refractivity contribution in [3.63, 3.8) is 0 Å². The number of carboxylic acids is 2. The number of nitrogens with two attached hydrogens (primary N) is 2. The van der Waals surface area contributed by atoms with Gasteiger partial charge in [-0.05, 0) is 61.8 Å². The second kappa shape index (κ2) is 38.0. The Morgan fingerprint density at radius 3 is 1.89 bits per heavy atom. The van der Waals surface area contributed by atoms with E-state index in [-0.39, 0.29) is 56.8 Å². The number of carboxylic acid groups (broad SMARTS) is 2. The van der Waals surface area contributed by atoms with Crippen LogP contribution in [0.1, 0.15) is 136 Å². The van der Waals surface area contributed by atoms with Crippen LogP contribution in [-0.2, 0) is 43.2 Å². The number of phenols is 1. The minimum atomic E-state index is -2.27. The molecule has 29 heteroatoms. The molecule has 7 amide bonds. The molecule has 3 fully saturated rings. The summed E-state index contributed by atoms with van der Waals surface area (Å²) in [6.07, 6.45) is -5.18. The van der Waals surface area contributed by atoms with Crippen LogP contribution in [0.25, 0.3) is 0 Å². The average molecular weight is 1200 g/mol. The van der Waals surface area contributed by atoms with Crippen molar-refractivity contribution in [3.8, 4) is 5.75 Å². The molecule has 84 heavy (non-hydrogen) atoms. The van der Waals surface area contributed by atoms with Gasteiger partial charge in [0, 0.05) is 59.3 Å². The number of fused-ring (bicyclic) bond motifs is 2. The van der Waals surface area contributed by atoms with E-state index in [1.54, 1.807) is 0 Å². The van der Waals surface area contributed by atoms with Crippen molar-refractivity contribution in [3.05, 3.63) is 29.8 Å². The van der Waals surface area contributed by atoms with E-state index in [1.807, 2.05) is 0 Å². The van der Waals surface area contributed by atoms with Gasteiger partial charge in [-0.1, -0.05) is 77.8 Å². The molecule has 29 nitrogen and oxygen atoms in total. The molecule has 478 valence electrons. The topological polar surface area (TPSA) is 487 Å². The quantitative estimate of drug-likeness (QED) is 0.0472. The highest BCUT2D eigenvalue weighted by Gasteiger charge is 2.48. The summed E-state index contributed by atoms with van der Waals surface area (Å²) in [4.78, 5) is 119. The van der Waals surface area contributed by atoms with E-state index in [1.165, 1.54) is 30.7 Å². The lowest BCUT2D eigenvalue weighted by molar-refractivity contribution is -0.148. The summed E-state index contributed by atoms with van der Waals surface area (Å²) in [5.41, 5.74) is 11.5. The first kappa shape index (κ1) is 74.0. The third-order valence-corrected chi connectivity index (χ3v) is 14.6. The van der Waals surface area contributed by atoms with E-state index < -0.39 is 158 Å². The molecule has 15 atom stereocenters. The summed E-state index contributed by atoms with van der Waals surface area (Å²) < 4.78 is 0. The standard InChI is InChI=1S/C51H86N10O15.2C2H4O2/c1-4-28(2)23-29(3)11-9-7-5-6-8-10-12-39(68)55-33-25-38(67)45(54-21-20-53)59-49(74)42-37(66)18-22-60(42)51(76)40(36(65)17-19-52)57-48(73)41(44(70)43(69)30-13-15-31(63)16-14-30)58-47(72)35-24-32(64)26-61(35)50(75)34(27-62)56-46(33)71;2*1-2(3)4/h13-16,28-29,32-38,40-45,54,62-67,69-70H,4-12,17-27,52-53H2,1-3H3,(H,55,68)(H,56,71)(H,57,73)(H,58,72)(H,59,74);2*1H3,(H,3,4)/t28-,29+,32+,33-,34-,35-,36+,37-,38+,40-,41-,42-,43-,44-,45-;;/m0../s1. The fourth-order valence-corrected chi connectivity index (χ4v) is 10.1. The monoisotopic (exact) mass is 1200 g/mol. The van der Waals surface area contributed by atoms with Crippen LogP contribution in [0.15, 0.2) is 24.3 Å². The molecule has 0 spiro atoms. The van der Waals surface area contributed by atoms with Crippen LogP contribution in [0, 0.1) is 11.8 Å². The number of aliphatic hydroxyl groups is 7. The number of benzene rings is 1. The summed E-state index contributed by atoms with van der Waals surface area (Å²) in [7, 11) is 0. The molecular formula is C55H94N10O19. The number of aliphatic carboxylic acids is 2. The Kier molecular flexibility index (Phi) is 33.5. The Morgan fingerprint density at radius 1 is 0.714 bits per heavy atom. The molecule has 3 saturated heterocycles. The zero-order valence-corrected chi connectivity index (χ0v) is 48.8. The third-order valence-electron chi connectivity index (χ3n) is 14.6. The lowest BCUT2D eigenvalue weighted by Gasteiger charge is -2.35. The van der Waals surface area contributed by atoms with Crippen molar-refractivity contribution < 1.29 is 94.2 Å². The van der Waals surface area contributed by atoms with Crippen molar-refractivity contribution in [2.75, 3.05) is 39.3 Å². The molecule has 1 aromatic rings. The molecule has 4 rings (SSSR count). The Balaban J connectivity index is 0.00000282. The predicted octanol–water partition coefficient (Wildman–Crippen LogP) is -3.52. The fourth-order valence-electron chi connectivity index (χ4n) is 10.1. The largest absolute Gasteiger partial charge is 0.508 e. The highest BCUT2D eigenvalue weighted by Crippen LogP contribution is 2.26. The Hall–Kier alpha value is -6.15. The second-order valence-corrected chi connectivity index (χ2v) is 21.8. The van der Waals surface area contributed by atoms with Gasteiger partial charge in [-0.15, -0.1) is 0 Å². The smallest absolute Gasteiger partial charge is 0.300 e. The number of hydrogen-bond donors (Lipinski definition) is 18. The van der Waals surface area contributed by atoms with E-state index in [9.17, 15) is 74.4 Å². The van der Waals surface area contributed by atoms with Crippen molar-refractivity contribution in [2.45, 2.75) is 204 Å². The lowest BCUT2D eigenvalue weighted by atomic mass is 9.91. The highest BCUT2D eigenvalue weighted by atomic mass is 16.4. The molecule has 0 aromatic heterocycles. The number of nitrogens with one attached hydrogen (secondary N) is 6. The first-order chi connectivity index (χ1) is 39.6. The molecule has 0 saturated carbocycles. The molecular weight excluding hydrogens is 1100 g/mol. The average Bonchev–Trinajstić information content (AvgIpc) is 4.19. The van der Waals surface area contributed by atoms with Gasteiger partial charge in [0.25, 0.3) is 11.9 Å². The normalized spacial score (nSPS) is 26.3. The number of carbonyl (C=O) groups is 9. The Morgan fingerprint density at radius 2 is 1.31 bits per heavy atom. The summed E-state index contributed by atoms with van der Waals surface area (Å²) in [5, 5.41) is 118. The van der Waals surface area contributed by atoms with Crippen molar-refractivity contribution >= 4 is 53.3 Å². The number of aromatic hydroxyl groups is 1. The maximum absolute atomic E-state index is 14.6. The fraction of sp³-hybridized carbons (Fsp3) is 0.727. The lowest BCUT2D eigenvalue weighted by Crippen LogP contribution is -2.65. The first-order valence-electron chi connectivity index (χ1n) is 28.7. The maximum atomic E-state index is 14.6. The Bertz CT molecular complexity index is 2230. The van der Waals surface area contributed by atoms with E-state index >= 15 is 0 Å². The van der Waals surface area contributed by atoms with Crippen LogP contribution in [0.4, 0.5) is 0 Å². The molecule has 0 unspecified atom stereocenters. The minimum absolute atomic E-state index is 0.0222. The van der Waals surface area contributed by atoms with Crippen LogP contribution in [-0.4, -0.2) is 226 Å². The van der Waals surface area contributed by atoms with E-state index in [4.69, 9.17) is 31.3 Å². The number of unbranched alkanes of at least 4 members (excludes halogenated alkanes) is 5. The van der Waals surface area contributed by atoms with Gasteiger partial charge in [0.15, 0.2) is 0 Å². The molecule has 0 radical (unpaired) electrons. The predicted molar refractivity (Wildman–Crippen MR) is 302 cm³/mol. The van der Waals surface area contributed by atoms with Crippen LogP contribution in [0.2, 0.25) is 0 Å². The van der Waals surface area contributed by atoms with E-state index in [0.717, 1.165) is 62.2 Å². The maximum Gasteiger partial charge on any atom is 0.300 e. The third kappa shape index (κ3) is 24.8. The number of rotatable bonds is 23. The summed E-state index contributed by atoms with van der Waals surface area (Å²) in [6.45, 7) is 6.68. The SMILES string of the molecule is CC(=O)O.CC(=O)O.CC[C@H](C)C[C@H](C)CCCCCCCCC(=O)N[C@H]1C[C@@H](O)[C@@H](NCCN)NC(=O)[C@@H]2[C@@H](O)CCN2C(=O)[C@H]([C@H](O)CCN)NC(=O)[C@H]([C@H](O)[C@@H](O)c2ccc(O)cc2)NC(=O)[C@@H]2C[C@@H](O)CN2C(=O)[C@H](CO)NC1=O. The van der Waals surface area contributed by atoms with Crippen LogP contribution in [0.5, 0.6) is 5.75 Å². The van der Waals surface area contributed by atoms with Gasteiger partial charge in [-0.25, -0.2) is 0 Å². The summed E-state index contributed by atoms with van der Waals surface area (Å²) >= 11 is 0. The number of aliphatic hydroxyl groups excluding tert-OH is 7. The second-order valence-electron chi connectivity index (χ2n) is 21.8. The van der Waals surface area contributed by atoms with Gasteiger partial charge >= 0.3 is 0 Å². The van der Waals surface area contributed by atoms with Crippen molar-refractivity contribution in [1.82, 2.24) is 41.7 Å². The molecule has 1 aromatic carbocycles. The first-order valence-corrected chi connectivity index (χ1v) is 28.7. The number of carbonyl (C=O) groups excluding carboxylic acids is 7. The van der Waals surface area contributed by atoms with Gasteiger partial charge in [0.1, 0.15) is 60.4 Å². The minimum Gasteiger partial charge on any atom is -0.508 e. The van der Waals surface area contributed by atoms with Crippen LogP contribution < -0.4 is 43.4 Å². The summed E-state index contributed by atoms with van der Waals surface area (Å²) in [6, 6.07) is -6.33. The van der Waals surface area contributed by atoms with E-state index in [0.29, 0.717) is 24.7 Å². The van der Waals surface area contributed by atoms with Crippen molar-refractivity contribution in [1.29, 1.82) is 0 Å². The van der Waals surface area contributed by atoms with Crippen LogP contribution in [0.3, 0.4) is 0 Å². The van der Waals surface area contributed by atoms with Gasteiger partial charge in [0.05, 0.1) is 31.0 Å². The van der Waals surface area contributed by atoms with Gasteiger partial charge in [-0.2, -0.15) is 0 Å². The van der Waals surface area contributed by atoms with Gasteiger partial charge in [0.2, 0.25) is 41.4 Å². The van der Waals surface area contributed by atoms with E-state index in [2.05, 4.69) is 52.7 Å². The molecule has 3 aliphatic heterocycles. The number of nitrogens with zero attached hydrogens (tertiary/aromatic N) is 2. The zero-order valence-electron chi connectivity index (χ0n) is 48.8. The molecule has 0 bridgehead atoms. The number of phenolic OH excluding ortho intramolecular Hbond substituents is 1. The molecule has 3 heterocycles. The highest BCUT2D eigenvalue weighted by molar-refractivity contribution is 5.98. The van der Waals surface area contributed by atoms with Gasteiger partial charge in [-0.3, -0.25) is 48.5 Å². The molecule has 0 aliphatic carbocycles. The van der Waals surface area contributed by atoms with Gasteiger partial charge < -0.3 is 98.9 Å². The Labute approximate surface area is 489 Å². The summed E-state index contributed by atoms with van der Waals surface area (Å²) in [5.74, 6) is -8.08. The van der Waals surface area contributed by atoms with Crippen LogP contribution >= 0.6 is 0 Å². The number of amides is 7.